The topological polar surface area (TPSA) is 117 Å². The molecule has 3 N–H and O–H groups in total. The number of aliphatic carboxylic acids is 1. The van der Waals surface area contributed by atoms with E-state index in [1.165, 1.54) is 22.7 Å². The summed E-state index contributed by atoms with van der Waals surface area (Å²) in [4.78, 5) is 25.6. The Balaban J connectivity index is 1.27. The molecule has 1 aliphatic carbocycles. The number of H-pyrrole nitrogens is 1. The first kappa shape index (κ1) is 21.2. The Labute approximate surface area is 196 Å². The van der Waals surface area contributed by atoms with Gasteiger partial charge < -0.3 is 9.84 Å². The zero-order valence-electron chi connectivity index (χ0n) is 17.4. The molecule has 10 heteroatoms. The lowest BCUT2D eigenvalue weighted by Gasteiger charge is -2.13. The summed E-state index contributed by atoms with van der Waals surface area (Å²) in [5.74, 6) is 5.47. The van der Waals surface area contributed by atoms with Crippen LogP contribution < -0.4 is 5.32 Å². The third kappa shape index (κ3) is 4.20. The molecule has 3 aromatic heterocycles. The zero-order chi connectivity index (χ0) is 23.0. The first-order valence-electron chi connectivity index (χ1n) is 10.2. The van der Waals surface area contributed by atoms with Crippen LogP contribution in [0.4, 0.5) is 10.6 Å². The second-order valence-electron chi connectivity index (χ2n) is 7.71. The third-order valence-electron chi connectivity index (χ3n) is 5.47. The number of nitrogens with zero attached hydrogens (tertiary/aromatic N) is 2. The second kappa shape index (κ2) is 8.35. The molecule has 166 valence electrons. The highest BCUT2D eigenvalue weighted by Gasteiger charge is 2.53. The van der Waals surface area contributed by atoms with Crippen molar-refractivity contribution in [2.45, 2.75) is 31.3 Å². The number of fused-ring (bicyclic) bond motifs is 1. The van der Waals surface area contributed by atoms with Gasteiger partial charge in [0, 0.05) is 14.3 Å². The van der Waals surface area contributed by atoms with E-state index in [-0.39, 0.29) is 5.82 Å². The maximum atomic E-state index is 12.3. The van der Waals surface area contributed by atoms with E-state index >= 15 is 0 Å². The normalized spacial score (nSPS) is 14.8. The van der Waals surface area contributed by atoms with Crippen LogP contribution in [0.3, 0.4) is 0 Å². The van der Waals surface area contributed by atoms with Crippen LogP contribution in [0.2, 0.25) is 0 Å². The van der Waals surface area contributed by atoms with Crippen molar-refractivity contribution in [1.82, 2.24) is 15.4 Å². The van der Waals surface area contributed by atoms with Gasteiger partial charge in [-0.1, -0.05) is 35.5 Å². The van der Waals surface area contributed by atoms with Crippen LogP contribution in [0.15, 0.2) is 42.5 Å². The largest absolute Gasteiger partial charge is 0.481 e. The molecule has 3 heterocycles. The predicted octanol–water partition coefficient (Wildman–Crippen LogP) is 4.91. The summed E-state index contributed by atoms with van der Waals surface area (Å²) in [6, 6.07) is 13.3. The number of anilines is 1. The molecule has 1 fully saturated rings. The van der Waals surface area contributed by atoms with Crippen molar-refractivity contribution in [3.63, 3.8) is 0 Å². The summed E-state index contributed by atoms with van der Waals surface area (Å²) >= 11 is 3.00. The highest BCUT2D eigenvalue weighted by atomic mass is 32.1. The number of nitrogens with one attached hydrogen (secondary N) is 2. The first-order valence-corrected chi connectivity index (χ1v) is 11.8. The number of carbonyl (C=O) groups excluding carboxylic acids is 1. The van der Waals surface area contributed by atoms with Gasteiger partial charge in [0.25, 0.3) is 0 Å². The number of benzene rings is 1. The molecule has 1 saturated carbocycles. The average molecular weight is 479 g/mol. The molecule has 5 rings (SSSR count). The standard InChI is InChI=1S/C23H18N4O4S2/c1-13(14-5-3-2-4-6-14)31-22(30)24-20-16(25-27-26-20)8-7-15-11-17-18(32-15)12-19(33-17)23(9-10-23)21(28)29/h2-6,11-13H,9-10H2,1H3,(H,28,29)(H2,24,25,26,27,30). The summed E-state index contributed by atoms with van der Waals surface area (Å²) in [6.07, 6.45) is 0.322. The number of carbonyl (C=O) groups is 2. The maximum absolute atomic E-state index is 12.3. The molecular weight excluding hydrogens is 460 g/mol. The van der Waals surface area contributed by atoms with Gasteiger partial charge in [0.05, 0.1) is 4.88 Å². The molecule has 1 amide bonds. The van der Waals surface area contributed by atoms with E-state index in [1.807, 2.05) is 42.5 Å². The maximum Gasteiger partial charge on any atom is 0.413 e. The lowest BCUT2D eigenvalue weighted by molar-refractivity contribution is -0.139. The van der Waals surface area contributed by atoms with Crippen LogP contribution in [0.5, 0.6) is 0 Å². The zero-order valence-corrected chi connectivity index (χ0v) is 19.0. The van der Waals surface area contributed by atoms with Gasteiger partial charge in [0.1, 0.15) is 11.5 Å². The van der Waals surface area contributed by atoms with Crippen molar-refractivity contribution in [1.29, 1.82) is 0 Å². The summed E-state index contributed by atoms with van der Waals surface area (Å²) < 4.78 is 7.44. The van der Waals surface area contributed by atoms with Gasteiger partial charge >= 0.3 is 12.1 Å². The Hall–Kier alpha value is -3.68. The molecule has 0 radical (unpaired) electrons. The van der Waals surface area contributed by atoms with Crippen molar-refractivity contribution in [3.8, 4) is 11.8 Å². The second-order valence-corrected chi connectivity index (χ2v) is 9.87. The average Bonchev–Trinajstić information content (AvgIpc) is 3.12. The summed E-state index contributed by atoms with van der Waals surface area (Å²) in [5, 5.41) is 22.4. The number of rotatable bonds is 5. The summed E-state index contributed by atoms with van der Waals surface area (Å²) in [5.41, 5.74) is 0.482. The fraction of sp³-hybridized carbons (Fsp3) is 0.217. The van der Waals surface area contributed by atoms with Gasteiger partial charge in [0.2, 0.25) is 0 Å². The molecule has 1 aromatic carbocycles. The minimum absolute atomic E-state index is 0.255. The predicted molar refractivity (Wildman–Crippen MR) is 126 cm³/mol. The first-order chi connectivity index (χ1) is 15.9. The Kier molecular flexibility index (Phi) is 5.36. The Bertz CT molecular complexity index is 1370. The number of hydrogen-bond donors (Lipinski definition) is 3. The highest BCUT2D eigenvalue weighted by molar-refractivity contribution is 7.28. The van der Waals surface area contributed by atoms with Gasteiger partial charge in [-0.25, -0.2) is 9.89 Å². The number of carboxylic acid groups (broad SMARTS) is 1. The van der Waals surface area contributed by atoms with Crippen LogP contribution in [0.1, 0.15) is 46.9 Å². The molecule has 1 aliphatic rings. The van der Waals surface area contributed by atoms with Crippen molar-refractivity contribution in [2.75, 3.05) is 5.32 Å². The third-order valence-corrected chi connectivity index (χ3v) is 7.88. The van der Waals surface area contributed by atoms with Crippen LogP contribution in [0, 0.1) is 11.8 Å². The molecule has 0 bridgehead atoms. The highest BCUT2D eigenvalue weighted by Crippen LogP contribution is 2.52. The molecule has 4 aromatic rings. The molecule has 1 atom stereocenters. The number of thiophene rings is 2. The van der Waals surface area contributed by atoms with Crippen molar-refractivity contribution < 1.29 is 19.4 Å². The Morgan fingerprint density at radius 1 is 1.18 bits per heavy atom. The molecule has 0 saturated heterocycles. The van der Waals surface area contributed by atoms with E-state index in [4.69, 9.17) is 4.74 Å². The van der Waals surface area contributed by atoms with E-state index in [0.29, 0.717) is 18.5 Å². The Morgan fingerprint density at radius 3 is 2.64 bits per heavy atom. The quantitative estimate of drug-likeness (QED) is 0.351. The molecular formula is C23H18N4O4S2. The number of carboxylic acids is 1. The van der Waals surface area contributed by atoms with E-state index < -0.39 is 23.6 Å². The number of aromatic amines is 1. The SMILES string of the molecule is CC(OC(=O)Nc1[nH]nnc1C#Cc1cc2sc(C3(C(=O)O)CC3)cc2s1)c1ccccc1. The van der Waals surface area contributed by atoms with E-state index in [2.05, 4.69) is 32.6 Å². The van der Waals surface area contributed by atoms with Gasteiger partial charge in [-0.2, -0.15) is 0 Å². The summed E-state index contributed by atoms with van der Waals surface area (Å²) in [7, 11) is 0. The van der Waals surface area contributed by atoms with Crippen molar-refractivity contribution in [2.24, 2.45) is 0 Å². The van der Waals surface area contributed by atoms with Crippen LogP contribution >= 0.6 is 22.7 Å². The number of aromatic nitrogens is 3. The van der Waals surface area contributed by atoms with Crippen LogP contribution in [0.25, 0.3) is 9.40 Å². The van der Waals surface area contributed by atoms with Gasteiger partial charge in [0.15, 0.2) is 11.5 Å². The van der Waals surface area contributed by atoms with Crippen molar-refractivity contribution >= 4 is 50.0 Å². The molecule has 1 unspecified atom stereocenters. The monoisotopic (exact) mass is 478 g/mol. The molecule has 33 heavy (non-hydrogen) atoms. The summed E-state index contributed by atoms with van der Waals surface area (Å²) in [6.45, 7) is 1.79. The lowest BCUT2D eigenvalue weighted by atomic mass is 10.1. The van der Waals surface area contributed by atoms with Gasteiger partial charge in [-0.3, -0.25) is 10.1 Å². The number of ether oxygens (including phenoxy) is 1. The fourth-order valence-electron chi connectivity index (χ4n) is 3.43. The molecule has 8 nitrogen and oxygen atoms in total. The van der Waals surface area contributed by atoms with E-state index in [1.54, 1.807) is 6.92 Å². The number of amides is 1. The number of hydrogen-bond acceptors (Lipinski definition) is 7. The van der Waals surface area contributed by atoms with Crippen molar-refractivity contribution in [3.05, 3.63) is 63.5 Å². The Morgan fingerprint density at radius 2 is 1.94 bits per heavy atom. The van der Waals surface area contributed by atoms with E-state index in [9.17, 15) is 14.7 Å². The molecule has 0 spiro atoms. The smallest absolute Gasteiger partial charge is 0.413 e. The molecule has 0 aliphatic heterocycles. The minimum Gasteiger partial charge on any atom is -0.481 e. The minimum atomic E-state index is -0.751. The van der Waals surface area contributed by atoms with Crippen LogP contribution in [-0.4, -0.2) is 32.6 Å². The van der Waals surface area contributed by atoms with E-state index in [0.717, 1.165) is 24.7 Å². The van der Waals surface area contributed by atoms with Gasteiger partial charge in [-0.15, -0.1) is 27.8 Å². The lowest BCUT2D eigenvalue weighted by Crippen LogP contribution is -2.17. The fourth-order valence-corrected chi connectivity index (χ4v) is 5.92. The van der Waals surface area contributed by atoms with Gasteiger partial charge in [-0.05, 0) is 49.3 Å². The van der Waals surface area contributed by atoms with Crippen LogP contribution in [-0.2, 0) is 14.9 Å².